The van der Waals surface area contributed by atoms with E-state index in [0.717, 1.165) is 11.8 Å². The van der Waals surface area contributed by atoms with E-state index in [1.807, 2.05) is 13.0 Å². The lowest BCUT2D eigenvalue weighted by atomic mass is 9.79. The van der Waals surface area contributed by atoms with Gasteiger partial charge in [0.05, 0.1) is 47.6 Å². The molecule has 1 aromatic rings. The number of benzene rings is 1. The molecule has 7 nitrogen and oxygen atoms in total. The minimum atomic E-state index is -1.08. The fourth-order valence-electron chi connectivity index (χ4n) is 2.78. The predicted octanol–water partition coefficient (Wildman–Crippen LogP) is 2.47. The van der Waals surface area contributed by atoms with E-state index >= 15 is 0 Å². The van der Waals surface area contributed by atoms with Crippen LogP contribution >= 0.6 is 11.8 Å². The largest absolute Gasteiger partial charge is 0.494 e. The van der Waals surface area contributed by atoms with Gasteiger partial charge in [-0.2, -0.15) is 10.5 Å². The lowest BCUT2D eigenvalue weighted by Crippen LogP contribution is -2.39. The minimum absolute atomic E-state index is 0.0499. The number of nitriles is 2. The first-order valence-corrected chi connectivity index (χ1v) is 9.40. The average molecular weight is 385 g/mol. The van der Waals surface area contributed by atoms with Crippen molar-refractivity contribution in [2.45, 2.75) is 19.8 Å². The van der Waals surface area contributed by atoms with Gasteiger partial charge in [-0.15, -0.1) is 0 Å². The SMILES string of the molecule is CCOC(=O)CSC1=C(C#N)[C@H](c2ccccc2OCC)[C@H](C#N)C(=O)N1. The Morgan fingerprint density at radius 1 is 1.26 bits per heavy atom. The summed E-state index contributed by atoms with van der Waals surface area (Å²) < 4.78 is 10.5. The van der Waals surface area contributed by atoms with Crippen molar-refractivity contribution in [3.63, 3.8) is 0 Å². The number of carbonyl (C=O) groups is 2. The van der Waals surface area contributed by atoms with Gasteiger partial charge in [0.15, 0.2) is 0 Å². The van der Waals surface area contributed by atoms with Gasteiger partial charge in [-0.1, -0.05) is 30.0 Å². The molecule has 1 aliphatic heterocycles. The first kappa shape index (κ1) is 20.3. The number of esters is 1. The van der Waals surface area contributed by atoms with Gasteiger partial charge >= 0.3 is 5.97 Å². The van der Waals surface area contributed by atoms with E-state index in [1.165, 1.54) is 0 Å². The van der Waals surface area contributed by atoms with Crippen molar-refractivity contribution >= 4 is 23.6 Å². The lowest BCUT2D eigenvalue weighted by molar-refractivity contribution is -0.139. The number of thioether (sulfide) groups is 1. The molecule has 8 heteroatoms. The van der Waals surface area contributed by atoms with E-state index in [2.05, 4.69) is 11.4 Å². The molecule has 0 fully saturated rings. The molecule has 1 amide bonds. The molecule has 140 valence electrons. The number of ether oxygens (including phenoxy) is 2. The van der Waals surface area contributed by atoms with Crippen LogP contribution in [0.25, 0.3) is 0 Å². The highest BCUT2D eigenvalue weighted by Crippen LogP contribution is 2.42. The second-order valence-electron chi connectivity index (χ2n) is 5.49. The Labute approximate surface area is 161 Å². The van der Waals surface area contributed by atoms with Gasteiger partial charge in [0, 0.05) is 5.56 Å². The minimum Gasteiger partial charge on any atom is -0.494 e. The van der Waals surface area contributed by atoms with Gasteiger partial charge in [0.1, 0.15) is 11.7 Å². The number of nitrogens with zero attached hydrogens (tertiary/aromatic N) is 2. The number of para-hydroxylation sites is 1. The zero-order valence-electron chi connectivity index (χ0n) is 15.0. The molecule has 0 radical (unpaired) electrons. The van der Waals surface area contributed by atoms with E-state index in [9.17, 15) is 20.1 Å². The second-order valence-corrected chi connectivity index (χ2v) is 6.48. The maximum atomic E-state index is 12.5. The fourth-order valence-corrected chi connectivity index (χ4v) is 3.62. The molecule has 27 heavy (non-hydrogen) atoms. The highest BCUT2D eigenvalue weighted by atomic mass is 32.2. The summed E-state index contributed by atoms with van der Waals surface area (Å²) in [7, 11) is 0. The van der Waals surface area contributed by atoms with Gasteiger partial charge in [-0.3, -0.25) is 9.59 Å². The first-order valence-electron chi connectivity index (χ1n) is 8.42. The molecule has 1 aromatic carbocycles. The first-order chi connectivity index (χ1) is 13.1. The predicted molar refractivity (Wildman–Crippen MR) is 99.3 cm³/mol. The molecule has 0 unspecified atom stereocenters. The zero-order chi connectivity index (χ0) is 19.8. The molecule has 0 spiro atoms. The van der Waals surface area contributed by atoms with Crippen molar-refractivity contribution in [1.82, 2.24) is 5.32 Å². The van der Waals surface area contributed by atoms with E-state index in [1.54, 1.807) is 31.2 Å². The van der Waals surface area contributed by atoms with Crippen LogP contribution in [0.5, 0.6) is 5.75 Å². The molecule has 0 bridgehead atoms. The smallest absolute Gasteiger partial charge is 0.316 e. The van der Waals surface area contributed by atoms with Crippen molar-refractivity contribution in [2.24, 2.45) is 5.92 Å². The maximum absolute atomic E-state index is 12.5. The van der Waals surface area contributed by atoms with E-state index < -0.39 is 23.7 Å². The zero-order valence-corrected chi connectivity index (χ0v) is 15.8. The van der Waals surface area contributed by atoms with Crippen LogP contribution < -0.4 is 10.1 Å². The van der Waals surface area contributed by atoms with Crippen molar-refractivity contribution in [3.8, 4) is 17.9 Å². The Hall–Kier alpha value is -2.97. The highest BCUT2D eigenvalue weighted by molar-refractivity contribution is 8.03. The van der Waals surface area contributed by atoms with Gasteiger partial charge in [0.25, 0.3) is 0 Å². The number of rotatable bonds is 7. The van der Waals surface area contributed by atoms with Crippen LogP contribution in [0.2, 0.25) is 0 Å². The summed E-state index contributed by atoms with van der Waals surface area (Å²) >= 11 is 1.01. The van der Waals surface area contributed by atoms with Crippen LogP contribution in [0.15, 0.2) is 34.9 Å². The standard InChI is InChI=1S/C19H19N3O4S/c1-3-25-15-8-6-5-7-12(15)17-13(9-20)18(24)22-19(14(17)10-21)27-11-16(23)26-4-2/h5-8,13,17H,3-4,11H2,1-2H3,(H,22,24)/t13-,17+/m0/s1. The molecule has 1 heterocycles. The van der Waals surface area contributed by atoms with Crippen molar-refractivity contribution < 1.29 is 19.1 Å². The van der Waals surface area contributed by atoms with E-state index in [0.29, 0.717) is 17.9 Å². The topological polar surface area (TPSA) is 112 Å². The van der Waals surface area contributed by atoms with Crippen LogP contribution in [0.1, 0.15) is 25.3 Å². The molecule has 2 rings (SSSR count). The van der Waals surface area contributed by atoms with E-state index in [-0.39, 0.29) is 23.0 Å². The van der Waals surface area contributed by atoms with Crippen LogP contribution in [0.4, 0.5) is 0 Å². The Bertz CT molecular complexity index is 838. The number of carbonyl (C=O) groups excluding carboxylic acids is 2. The third kappa shape index (κ3) is 4.60. The summed E-state index contributed by atoms with van der Waals surface area (Å²) in [6.45, 7) is 4.18. The quantitative estimate of drug-likeness (QED) is 0.717. The fraction of sp³-hybridized carbons (Fsp3) is 0.368. The third-order valence-corrected chi connectivity index (χ3v) is 4.85. The lowest BCUT2D eigenvalue weighted by Gasteiger charge is -2.29. The monoisotopic (exact) mass is 385 g/mol. The third-order valence-electron chi connectivity index (χ3n) is 3.86. The summed E-state index contributed by atoms with van der Waals surface area (Å²) in [6, 6.07) is 11.1. The van der Waals surface area contributed by atoms with Gasteiger partial charge in [0.2, 0.25) is 5.91 Å². The maximum Gasteiger partial charge on any atom is 0.316 e. The highest BCUT2D eigenvalue weighted by Gasteiger charge is 2.40. The van der Waals surface area contributed by atoms with Crippen molar-refractivity contribution in [3.05, 3.63) is 40.4 Å². The summed E-state index contributed by atoms with van der Waals surface area (Å²) in [4.78, 5) is 24.1. The van der Waals surface area contributed by atoms with Crippen LogP contribution in [0.3, 0.4) is 0 Å². The molecule has 0 saturated heterocycles. The normalized spacial score (nSPS) is 18.9. The molecule has 0 saturated carbocycles. The Morgan fingerprint density at radius 2 is 2.00 bits per heavy atom. The second kappa shape index (κ2) is 9.65. The van der Waals surface area contributed by atoms with Gasteiger partial charge in [-0.25, -0.2) is 0 Å². The number of nitrogens with one attached hydrogen (secondary N) is 1. The summed E-state index contributed by atoms with van der Waals surface area (Å²) in [5.74, 6) is -2.35. The summed E-state index contributed by atoms with van der Waals surface area (Å²) in [5, 5.41) is 22.1. The molecule has 0 aliphatic carbocycles. The number of hydrogen-bond acceptors (Lipinski definition) is 7. The number of hydrogen-bond donors (Lipinski definition) is 1. The molecule has 2 atom stereocenters. The van der Waals surface area contributed by atoms with Gasteiger partial charge in [-0.05, 0) is 19.9 Å². The van der Waals surface area contributed by atoms with Gasteiger partial charge < -0.3 is 14.8 Å². The number of allylic oxidation sites excluding steroid dienone is 1. The Morgan fingerprint density at radius 3 is 2.63 bits per heavy atom. The Balaban J connectivity index is 2.49. The van der Waals surface area contributed by atoms with E-state index in [4.69, 9.17) is 9.47 Å². The molecule has 0 aromatic heterocycles. The van der Waals surface area contributed by atoms with Crippen molar-refractivity contribution in [1.29, 1.82) is 10.5 Å². The van der Waals surface area contributed by atoms with Crippen LogP contribution in [-0.2, 0) is 14.3 Å². The molecular weight excluding hydrogens is 366 g/mol. The summed E-state index contributed by atoms with van der Waals surface area (Å²) in [5.41, 5.74) is 0.814. The molecule has 1 aliphatic rings. The van der Waals surface area contributed by atoms with Crippen LogP contribution in [-0.4, -0.2) is 30.8 Å². The molecule has 1 N–H and O–H groups in total. The number of amides is 1. The Kier molecular flexibility index (Phi) is 7.27. The molecular formula is C19H19N3O4S. The van der Waals surface area contributed by atoms with Crippen LogP contribution in [0, 0.1) is 28.6 Å². The average Bonchev–Trinajstić information content (AvgIpc) is 2.66. The summed E-state index contributed by atoms with van der Waals surface area (Å²) in [6.07, 6.45) is 0. The van der Waals surface area contributed by atoms with Crippen molar-refractivity contribution in [2.75, 3.05) is 19.0 Å².